The predicted octanol–water partition coefficient (Wildman–Crippen LogP) is 5.54. The van der Waals surface area contributed by atoms with Gasteiger partial charge in [-0.15, -0.1) is 0 Å². The van der Waals surface area contributed by atoms with Crippen LogP contribution < -0.4 is 0 Å². The summed E-state index contributed by atoms with van der Waals surface area (Å²) in [7, 11) is -3.54. The van der Waals surface area contributed by atoms with Gasteiger partial charge >= 0.3 is 5.97 Å². The van der Waals surface area contributed by atoms with Crippen molar-refractivity contribution in [1.82, 2.24) is 9.55 Å². The number of aromatic nitrogens is 2. The summed E-state index contributed by atoms with van der Waals surface area (Å²) in [5.74, 6) is -1.20. The molecule has 1 aromatic carbocycles. The van der Waals surface area contributed by atoms with Crippen molar-refractivity contribution in [3.63, 3.8) is 0 Å². The largest absolute Gasteiger partial charge is 0.481 e. The standard InChI is InChI=1S/C22H25ClN2O4S2/c1-5-14(12-18(26)27)20-21(30-16-8-7-13(3)11-15(16)23)19-17(31(4,28)29)9-10-24-22(19)25(20)6-2/h7-11,14H,5-6,12H2,1-4H3,(H,26,27). The Hall–Kier alpha value is -2.03. The Labute approximate surface area is 191 Å². The normalized spacial score (nSPS) is 12.9. The van der Waals surface area contributed by atoms with Gasteiger partial charge < -0.3 is 9.67 Å². The summed E-state index contributed by atoms with van der Waals surface area (Å²) in [4.78, 5) is 17.7. The molecule has 0 aliphatic carbocycles. The van der Waals surface area contributed by atoms with Crippen molar-refractivity contribution in [2.45, 2.75) is 60.8 Å². The van der Waals surface area contributed by atoms with E-state index in [2.05, 4.69) is 4.98 Å². The lowest BCUT2D eigenvalue weighted by atomic mass is 9.98. The van der Waals surface area contributed by atoms with Crippen molar-refractivity contribution in [1.29, 1.82) is 0 Å². The molecule has 1 unspecified atom stereocenters. The highest BCUT2D eigenvalue weighted by atomic mass is 35.5. The average molecular weight is 481 g/mol. The molecule has 0 fully saturated rings. The second kappa shape index (κ2) is 9.22. The zero-order valence-electron chi connectivity index (χ0n) is 17.8. The lowest BCUT2D eigenvalue weighted by Gasteiger charge is -2.18. The van der Waals surface area contributed by atoms with Crippen molar-refractivity contribution in [3.8, 4) is 0 Å². The maximum atomic E-state index is 12.6. The van der Waals surface area contributed by atoms with Crippen LogP contribution in [0.1, 0.15) is 43.9 Å². The molecule has 0 amide bonds. The van der Waals surface area contributed by atoms with E-state index in [0.29, 0.717) is 33.9 Å². The number of carboxylic acids is 1. The number of benzene rings is 1. The second-order valence-corrected chi connectivity index (χ2v) is 10.9. The Kier molecular flexibility index (Phi) is 7.03. The number of hydrogen-bond donors (Lipinski definition) is 1. The molecule has 2 heterocycles. The van der Waals surface area contributed by atoms with E-state index in [-0.39, 0.29) is 17.2 Å². The number of hydrogen-bond acceptors (Lipinski definition) is 5. The van der Waals surface area contributed by atoms with Gasteiger partial charge in [0.1, 0.15) is 5.65 Å². The van der Waals surface area contributed by atoms with Crippen LogP contribution in [0.3, 0.4) is 0 Å². The molecule has 2 aromatic heterocycles. The molecular formula is C22H25ClN2O4S2. The van der Waals surface area contributed by atoms with Crippen LogP contribution in [-0.2, 0) is 21.2 Å². The van der Waals surface area contributed by atoms with Gasteiger partial charge in [0.15, 0.2) is 9.84 Å². The second-order valence-electron chi connectivity index (χ2n) is 7.48. The van der Waals surface area contributed by atoms with Gasteiger partial charge in [-0.1, -0.05) is 36.4 Å². The van der Waals surface area contributed by atoms with Crippen molar-refractivity contribution in [2.75, 3.05) is 6.26 Å². The Bertz CT molecular complexity index is 1250. The average Bonchev–Trinajstić information content (AvgIpc) is 3.00. The monoisotopic (exact) mass is 480 g/mol. The number of sulfone groups is 1. The summed E-state index contributed by atoms with van der Waals surface area (Å²) in [6.07, 6.45) is 3.19. The summed E-state index contributed by atoms with van der Waals surface area (Å²) in [5, 5.41) is 10.6. The van der Waals surface area contributed by atoms with Gasteiger partial charge in [0.05, 0.1) is 21.7 Å². The number of nitrogens with zero attached hydrogens (tertiary/aromatic N) is 2. The summed E-state index contributed by atoms with van der Waals surface area (Å²) in [5.41, 5.74) is 2.34. The number of aryl methyl sites for hydroxylation is 2. The van der Waals surface area contributed by atoms with Gasteiger partial charge in [0, 0.05) is 40.4 Å². The molecule has 9 heteroatoms. The summed E-state index contributed by atoms with van der Waals surface area (Å²) < 4.78 is 27.2. The van der Waals surface area contributed by atoms with Crippen molar-refractivity contribution in [2.24, 2.45) is 0 Å². The van der Waals surface area contributed by atoms with Crippen LogP contribution in [0.5, 0.6) is 0 Å². The topological polar surface area (TPSA) is 89.3 Å². The molecule has 1 N–H and O–H groups in total. The molecule has 0 saturated carbocycles. The van der Waals surface area contributed by atoms with Gasteiger partial charge in [0.25, 0.3) is 0 Å². The minimum Gasteiger partial charge on any atom is -0.481 e. The lowest BCUT2D eigenvalue weighted by Crippen LogP contribution is -2.12. The Morgan fingerprint density at radius 1 is 1.29 bits per heavy atom. The van der Waals surface area contributed by atoms with Gasteiger partial charge in [-0.3, -0.25) is 4.79 Å². The van der Waals surface area contributed by atoms with Crippen molar-refractivity contribution >= 4 is 50.2 Å². The molecule has 6 nitrogen and oxygen atoms in total. The quantitative estimate of drug-likeness (QED) is 0.455. The summed E-state index contributed by atoms with van der Waals surface area (Å²) in [6, 6.07) is 7.19. The highest BCUT2D eigenvalue weighted by Crippen LogP contribution is 2.46. The van der Waals surface area contributed by atoms with E-state index in [0.717, 1.165) is 16.2 Å². The van der Waals surface area contributed by atoms with Gasteiger partial charge in [0.2, 0.25) is 0 Å². The van der Waals surface area contributed by atoms with Crippen LogP contribution in [0.25, 0.3) is 11.0 Å². The third kappa shape index (κ3) is 4.76. The first-order chi connectivity index (χ1) is 14.6. The van der Waals surface area contributed by atoms with E-state index in [4.69, 9.17) is 11.6 Å². The maximum absolute atomic E-state index is 12.6. The molecular weight excluding hydrogens is 456 g/mol. The molecule has 0 saturated heterocycles. The molecule has 1 atom stereocenters. The van der Waals surface area contributed by atoms with Gasteiger partial charge in [-0.25, -0.2) is 13.4 Å². The molecule has 31 heavy (non-hydrogen) atoms. The SMILES string of the molecule is CCC(CC(=O)O)c1c(Sc2ccc(C)cc2Cl)c2c(S(C)(=O)=O)ccnc2n1CC. The van der Waals surface area contributed by atoms with Crippen LogP contribution in [0.4, 0.5) is 0 Å². The van der Waals surface area contributed by atoms with E-state index >= 15 is 0 Å². The van der Waals surface area contributed by atoms with Crippen LogP contribution in [0.15, 0.2) is 45.1 Å². The molecule has 3 aromatic rings. The Balaban J connectivity index is 2.41. The van der Waals surface area contributed by atoms with E-state index < -0.39 is 15.8 Å². The van der Waals surface area contributed by atoms with Crippen LogP contribution in [0, 0.1) is 6.92 Å². The summed E-state index contributed by atoms with van der Waals surface area (Å²) in [6.45, 7) is 6.35. The number of fused-ring (bicyclic) bond motifs is 1. The van der Waals surface area contributed by atoms with Crippen LogP contribution >= 0.6 is 23.4 Å². The van der Waals surface area contributed by atoms with Crippen LogP contribution in [-0.4, -0.2) is 35.3 Å². The Morgan fingerprint density at radius 2 is 2.00 bits per heavy atom. The predicted molar refractivity (Wildman–Crippen MR) is 124 cm³/mol. The zero-order chi connectivity index (χ0) is 22.9. The van der Waals surface area contributed by atoms with E-state index in [9.17, 15) is 18.3 Å². The van der Waals surface area contributed by atoms with E-state index in [1.807, 2.05) is 43.5 Å². The molecule has 0 bridgehead atoms. The van der Waals surface area contributed by atoms with E-state index in [1.165, 1.54) is 30.3 Å². The molecule has 3 rings (SSSR count). The van der Waals surface area contributed by atoms with Crippen LogP contribution in [0.2, 0.25) is 5.02 Å². The minimum atomic E-state index is -3.54. The number of carbonyl (C=O) groups is 1. The lowest BCUT2D eigenvalue weighted by molar-refractivity contribution is -0.137. The molecule has 0 radical (unpaired) electrons. The van der Waals surface area contributed by atoms with E-state index in [1.54, 1.807) is 0 Å². The first-order valence-electron chi connectivity index (χ1n) is 9.95. The zero-order valence-corrected chi connectivity index (χ0v) is 20.2. The fourth-order valence-electron chi connectivity index (χ4n) is 3.80. The highest BCUT2D eigenvalue weighted by molar-refractivity contribution is 7.99. The first-order valence-corrected chi connectivity index (χ1v) is 13.0. The number of halogens is 1. The van der Waals surface area contributed by atoms with Crippen molar-refractivity contribution in [3.05, 3.63) is 46.7 Å². The van der Waals surface area contributed by atoms with Gasteiger partial charge in [-0.05, 0) is 44.0 Å². The third-order valence-corrected chi connectivity index (χ3v) is 7.97. The molecule has 0 spiro atoms. The fraction of sp³-hybridized carbons (Fsp3) is 0.364. The summed E-state index contributed by atoms with van der Waals surface area (Å²) >= 11 is 7.86. The van der Waals surface area contributed by atoms with Gasteiger partial charge in [-0.2, -0.15) is 0 Å². The number of carboxylic acid groups (broad SMARTS) is 1. The minimum absolute atomic E-state index is 0.0593. The number of aliphatic carboxylic acids is 1. The third-order valence-electron chi connectivity index (χ3n) is 5.21. The molecule has 0 aliphatic heterocycles. The smallest absolute Gasteiger partial charge is 0.304 e. The first kappa shape index (κ1) is 23.6. The molecule has 166 valence electrons. The highest BCUT2D eigenvalue weighted by Gasteiger charge is 2.29. The fourth-order valence-corrected chi connectivity index (χ4v) is 6.28. The number of rotatable bonds is 8. The Morgan fingerprint density at radius 3 is 2.55 bits per heavy atom. The maximum Gasteiger partial charge on any atom is 0.304 e. The van der Waals surface area contributed by atoms with Crippen molar-refractivity contribution < 1.29 is 18.3 Å². The number of pyridine rings is 1. The molecule has 0 aliphatic rings.